The molecular weight excluding hydrogens is 417 g/mol. The Kier molecular flexibility index (Phi) is 9.95. The lowest BCUT2D eigenvalue weighted by molar-refractivity contribution is -0.120. The zero-order valence-electron chi connectivity index (χ0n) is 15.3. The van der Waals surface area contributed by atoms with Gasteiger partial charge in [0.1, 0.15) is 0 Å². The summed E-state index contributed by atoms with van der Waals surface area (Å²) in [4.78, 5) is 18.6. The number of carbonyl (C=O) groups is 1. The highest BCUT2D eigenvalue weighted by molar-refractivity contribution is 14.0. The highest BCUT2D eigenvalue weighted by Crippen LogP contribution is 2.26. The van der Waals surface area contributed by atoms with Crippen LogP contribution in [0.3, 0.4) is 0 Å². The van der Waals surface area contributed by atoms with Gasteiger partial charge in [0.25, 0.3) is 0 Å². The summed E-state index contributed by atoms with van der Waals surface area (Å²) in [6.45, 7) is 6.53. The van der Waals surface area contributed by atoms with Gasteiger partial charge >= 0.3 is 0 Å². The number of rotatable bonds is 5. The molecule has 1 heterocycles. The van der Waals surface area contributed by atoms with Gasteiger partial charge in [-0.2, -0.15) is 0 Å². The van der Waals surface area contributed by atoms with E-state index in [0.29, 0.717) is 6.04 Å². The number of piperidine rings is 1. The molecular formula is C17H34IN5O. The minimum atomic E-state index is -0.000923. The fraction of sp³-hybridized carbons (Fsp3) is 0.882. The normalized spacial score (nSPS) is 20.8. The molecule has 7 heteroatoms. The summed E-state index contributed by atoms with van der Waals surface area (Å²) in [6.07, 6.45) is 7.86. The molecule has 24 heavy (non-hydrogen) atoms. The first-order chi connectivity index (χ1) is 11.1. The van der Waals surface area contributed by atoms with Gasteiger partial charge in [0.2, 0.25) is 5.91 Å². The smallest absolute Gasteiger partial charge is 0.239 e. The number of hydrogen-bond acceptors (Lipinski definition) is 3. The summed E-state index contributed by atoms with van der Waals surface area (Å²) < 4.78 is 0. The van der Waals surface area contributed by atoms with Crippen LogP contribution in [-0.2, 0) is 4.79 Å². The molecule has 1 aliphatic carbocycles. The van der Waals surface area contributed by atoms with Crippen molar-refractivity contribution in [3.63, 3.8) is 0 Å². The van der Waals surface area contributed by atoms with Crippen molar-refractivity contribution in [2.24, 2.45) is 4.99 Å². The summed E-state index contributed by atoms with van der Waals surface area (Å²) in [5.74, 6) is 0.724. The second-order valence-corrected chi connectivity index (χ2v) is 7.04. The summed E-state index contributed by atoms with van der Waals surface area (Å²) in [5, 5.41) is 9.43. The summed E-state index contributed by atoms with van der Waals surface area (Å²) in [7, 11) is 1.75. The minimum Gasteiger partial charge on any atom is -0.354 e. The van der Waals surface area contributed by atoms with E-state index in [2.05, 4.69) is 25.8 Å². The molecule has 1 saturated carbocycles. The molecule has 2 fully saturated rings. The van der Waals surface area contributed by atoms with Gasteiger partial charge in [0.05, 0.1) is 6.54 Å². The first-order valence-electron chi connectivity index (χ1n) is 9.09. The number of amides is 1. The van der Waals surface area contributed by atoms with Crippen molar-refractivity contribution in [3.8, 4) is 0 Å². The maximum atomic E-state index is 11.7. The van der Waals surface area contributed by atoms with E-state index in [0.717, 1.165) is 24.8 Å². The zero-order valence-corrected chi connectivity index (χ0v) is 17.6. The van der Waals surface area contributed by atoms with Crippen molar-refractivity contribution in [3.05, 3.63) is 0 Å². The molecule has 2 aliphatic rings. The third kappa shape index (κ3) is 7.13. The van der Waals surface area contributed by atoms with E-state index in [1.165, 1.54) is 38.8 Å². The number of nitrogens with zero attached hydrogens (tertiary/aromatic N) is 2. The molecule has 0 radical (unpaired) electrons. The Bertz CT molecular complexity index is 402. The van der Waals surface area contributed by atoms with Gasteiger partial charge in [-0.05, 0) is 39.5 Å². The van der Waals surface area contributed by atoms with Gasteiger partial charge in [-0.3, -0.25) is 9.79 Å². The van der Waals surface area contributed by atoms with Crippen LogP contribution in [0.1, 0.15) is 52.4 Å². The largest absolute Gasteiger partial charge is 0.354 e. The monoisotopic (exact) mass is 451 g/mol. The Morgan fingerprint density at radius 2 is 1.79 bits per heavy atom. The van der Waals surface area contributed by atoms with E-state index in [-0.39, 0.29) is 42.5 Å². The average molecular weight is 451 g/mol. The predicted molar refractivity (Wildman–Crippen MR) is 110 cm³/mol. The van der Waals surface area contributed by atoms with Crippen LogP contribution in [0.15, 0.2) is 4.99 Å². The van der Waals surface area contributed by atoms with E-state index in [4.69, 9.17) is 0 Å². The quantitative estimate of drug-likeness (QED) is 0.338. The lowest BCUT2D eigenvalue weighted by Gasteiger charge is -2.36. The summed E-state index contributed by atoms with van der Waals surface area (Å²) in [5.41, 5.74) is 0. The highest BCUT2D eigenvalue weighted by atomic mass is 127. The van der Waals surface area contributed by atoms with Crippen LogP contribution in [-0.4, -0.2) is 61.6 Å². The number of carbonyl (C=O) groups excluding carboxylic acids is 1. The first kappa shape index (κ1) is 21.5. The third-order valence-corrected chi connectivity index (χ3v) is 4.80. The molecule has 6 nitrogen and oxygen atoms in total. The van der Waals surface area contributed by atoms with E-state index < -0.39 is 0 Å². The van der Waals surface area contributed by atoms with Gasteiger partial charge in [0.15, 0.2) is 5.96 Å². The van der Waals surface area contributed by atoms with Crippen LogP contribution >= 0.6 is 24.0 Å². The number of likely N-dealkylation sites (tertiary alicyclic amines) is 1. The second-order valence-electron chi connectivity index (χ2n) is 7.04. The van der Waals surface area contributed by atoms with Crippen molar-refractivity contribution in [1.29, 1.82) is 0 Å². The number of halogens is 1. The van der Waals surface area contributed by atoms with Crippen molar-refractivity contribution >= 4 is 35.8 Å². The Morgan fingerprint density at radius 1 is 1.17 bits per heavy atom. The summed E-state index contributed by atoms with van der Waals surface area (Å²) in [6, 6.07) is 1.44. The Morgan fingerprint density at radius 3 is 2.33 bits per heavy atom. The van der Waals surface area contributed by atoms with Gasteiger partial charge < -0.3 is 20.9 Å². The van der Waals surface area contributed by atoms with E-state index in [1.54, 1.807) is 7.05 Å². The average Bonchev–Trinajstić information content (AvgIpc) is 3.05. The molecule has 2 rings (SSSR count). The van der Waals surface area contributed by atoms with E-state index in [9.17, 15) is 4.79 Å². The third-order valence-electron chi connectivity index (χ3n) is 4.80. The van der Waals surface area contributed by atoms with E-state index in [1.807, 2.05) is 13.8 Å². The number of guanidine groups is 1. The van der Waals surface area contributed by atoms with Gasteiger partial charge in [-0.15, -0.1) is 24.0 Å². The van der Waals surface area contributed by atoms with Crippen molar-refractivity contribution in [1.82, 2.24) is 20.9 Å². The number of nitrogens with one attached hydrogen (secondary N) is 3. The minimum absolute atomic E-state index is 0. The highest BCUT2D eigenvalue weighted by Gasteiger charge is 2.27. The van der Waals surface area contributed by atoms with Gasteiger partial charge in [0, 0.05) is 38.3 Å². The molecule has 0 atom stereocenters. The van der Waals surface area contributed by atoms with Crippen LogP contribution in [0.25, 0.3) is 0 Å². The maximum absolute atomic E-state index is 11.7. The fourth-order valence-electron chi connectivity index (χ4n) is 3.60. The van der Waals surface area contributed by atoms with Crippen LogP contribution < -0.4 is 16.0 Å². The number of hydrogen-bond donors (Lipinski definition) is 3. The zero-order chi connectivity index (χ0) is 16.7. The topological polar surface area (TPSA) is 68.8 Å². The maximum Gasteiger partial charge on any atom is 0.239 e. The summed E-state index contributed by atoms with van der Waals surface area (Å²) >= 11 is 0. The predicted octanol–water partition coefficient (Wildman–Crippen LogP) is 1.70. The molecule has 1 aliphatic heterocycles. The first-order valence-corrected chi connectivity index (χ1v) is 9.09. The van der Waals surface area contributed by atoms with Crippen molar-refractivity contribution < 1.29 is 4.79 Å². The molecule has 1 amide bonds. The molecule has 0 bridgehead atoms. The lowest BCUT2D eigenvalue weighted by Crippen LogP contribution is -2.51. The molecule has 0 unspecified atom stereocenters. The Labute approximate surface area is 163 Å². The van der Waals surface area contributed by atoms with Crippen LogP contribution in [0, 0.1) is 0 Å². The Balaban J connectivity index is 0.00000288. The van der Waals surface area contributed by atoms with Crippen molar-refractivity contribution in [2.45, 2.75) is 70.5 Å². The van der Waals surface area contributed by atoms with E-state index >= 15 is 0 Å². The molecule has 140 valence electrons. The van der Waals surface area contributed by atoms with Crippen LogP contribution in [0.4, 0.5) is 0 Å². The van der Waals surface area contributed by atoms with Gasteiger partial charge in [-0.1, -0.05) is 12.8 Å². The molecule has 0 aromatic rings. The molecule has 1 saturated heterocycles. The SMILES string of the molecule is CN=C(NCC(=O)NC(C)C)NC1CCN(C2CCCC2)CC1.I. The fourth-order valence-corrected chi connectivity index (χ4v) is 3.60. The molecule has 3 N–H and O–H groups in total. The van der Waals surface area contributed by atoms with Crippen LogP contribution in [0.2, 0.25) is 0 Å². The van der Waals surface area contributed by atoms with Crippen molar-refractivity contribution in [2.75, 3.05) is 26.7 Å². The second kappa shape index (κ2) is 11.1. The Hall–Kier alpha value is -0.570. The molecule has 0 spiro atoms. The van der Waals surface area contributed by atoms with Gasteiger partial charge in [-0.25, -0.2) is 0 Å². The lowest BCUT2D eigenvalue weighted by atomic mass is 10.0. The van der Waals surface area contributed by atoms with Crippen LogP contribution in [0.5, 0.6) is 0 Å². The molecule has 0 aromatic heterocycles. The standard InChI is InChI=1S/C17H33N5O.HI/c1-13(2)20-16(23)12-19-17(18-3)21-14-8-10-22(11-9-14)15-6-4-5-7-15;/h13-15H,4-12H2,1-3H3,(H,20,23)(H2,18,19,21);1H. The number of aliphatic imine (C=N–C) groups is 1. The molecule has 0 aromatic carbocycles.